The van der Waals surface area contributed by atoms with Crippen molar-refractivity contribution in [2.24, 2.45) is 35.5 Å². The normalized spacial score (nSPS) is 72.5. The van der Waals surface area contributed by atoms with Gasteiger partial charge in [-0.1, -0.05) is 0 Å². The fraction of sp³-hybridized carbons (Fsp3) is 1.00. The Balaban J connectivity index is 1.86. The van der Waals surface area contributed by atoms with E-state index in [1.54, 1.807) is 0 Å². The van der Waals surface area contributed by atoms with Crippen LogP contribution in [0.3, 0.4) is 0 Å². The van der Waals surface area contributed by atoms with Crippen molar-refractivity contribution in [3.05, 3.63) is 0 Å². The number of rotatable bonds is 0. The molecule has 4 fully saturated rings. The molecule has 8 atom stereocenters. The van der Waals surface area contributed by atoms with Gasteiger partial charge in [0.2, 0.25) is 0 Å². The van der Waals surface area contributed by atoms with E-state index in [4.69, 9.17) is 0 Å². The zero-order valence-electron chi connectivity index (χ0n) is 7.63. The summed E-state index contributed by atoms with van der Waals surface area (Å²) >= 11 is 0. The SMILES string of the molecule is O[C@@H]1C[C@@H]2[C@H]3C[C@H](O)[C@H]4[C@@H]3C[C@H]2[C@H]41. The molecule has 0 aromatic carbocycles. The highest BCUT2D eigenvalue weighted by atomic mass is 16.3. The second-order valence-corrected chi connectivity index (χ2v) is 5.65. The zero-order chi connectivity index (χ0) is 8.74. The summed E-state index contributed by atoms with van der Waals surface area (Å²) in [5.74, 6) is 4.07. The smallest absolute Gasteiger partial charge is 0.0577 e. The molecule has 13 heavy (non-hydrogen) atoms. The first-order chi connectivity index (χ1) is 6.27. The van der Waals surface area contributed by atoms with E-state index >= 15 is 0 Å². The highest BCUT2D eigenvalue weighted by Gasteiger charge is 2.68. The van der Waals surface area contributed by atoms with Crippen LogP contribution < -0.4 is 0 Å². The summed E-state index contributed by atoms with van der Waals surface area (Å²) < 4.78 is 0. The Bertz CT molecular complexity index is 235. The van der Waals surface area contributed by atoms with Crippen LogP contribution in [0, 0.1) is 35.5 Å². The van der Waals surface area contributed by atoms with Gasteiger partial charge in [0.1, 0.15) is 0 Å². The number of hydrogen-bond donors (Lipinski definition) is 2. The Morgan fingerprint density at radius 3 is 1.54 bits per heavy atom. The Hall–Kier alpha value is -0.0800. The Kier molecular flexibility index (Phi) is 1.09. The number of aliphatic hydroxyl groups excluding tert-OH is 2. The molecule has 4 rings (SSSR count). The first-order valence-electron chi connectivity index (χ1n) is 5.63. The number of fused-ring (bicyclic) bond motifs is 2. The predicted molar refractivity (Wildman–Crippen MR) is 46.8 cm³/mol. The maximum Gasteiger partial charge on any atom is 0.0577 e. The molecule has 4 aliphatic carbocycles. The lowest BCUT2D eigenvalue weighted by atomic mass is 9.79. The van der Waals surface area contributed by atoms with Crippen molar-refractivity contribution in [2.45, 2.75) is 31.5 Å². The van der Waals surface area contributed by atoms with Gasteiger partial charge in [0.05, 0.1) is 12.2 Å². The molecule has 4 saturated carbocycles. The second-order valence-electron chi connectivity index (χ2n) is 5.65. The van der Waals surface area contributed by atoms with E-state index in [0.717, 1.165) is 36.5 Å². The fourth-order valence-electron chi connectivity index (χ4n) is 5.41. The fourth-order valence-corrected chi connectivity index (χ4v) is 5.41. The summed E-state index contributed by atoms with van der Waals surface area (Å²) in [5.41, 5.74) is 0. The van der Waals surface area contributed by atoms with Gasteiger partial charge < -0.3 is 10.2 Å². The van der Waals surface area contributed by atoms with Gasteiger partial charge in [-0.2, -0.15) is 0 Å². The highest BCUT2D eigenvalue weighted by molar-refractivity contribution is 5.17. The van der Waals surface area contributed by atoms with Gasteiger partial charge in [0, 0.05) is 0 Å². The van der Waals surface area contributed by atoms with Crippen LogP contribution in [0.1, 0.15) is 19.3 Å². The molecule has 0 aromatic rings. The van der Waals surface area contributed by atoms with Crippen LogP contribution in [0.5, 0.6) is 0 Å². The van der Waals surface area contributed by atoms with Crippen molar-refractivity contribution >= 4 is 0 Å². The van der Waals surface area contributed by atoms with Crippen molar-refractivity contribution in [2.75, 3.05) is 0 Å². The number of aliphatic hydroxyl groups is 2. The summed E-state index contributed by atoms with van der Waals surface area (Å²) in [5, 5.41) is 19.9. The quantitative estimate of drug-likeness (QED) is 0.574. The van der Waals surface area contributed by atoms with Crippen LogP contribution in [-0.4, -0.2) is 22.4 Å². The molecule has 0 amide bonds. The van der Waals surface area contributed by atoms with Gasteiger partial charge in [0.15, 0.2) is 0 Å². The van der Waals surface area contributed by atoms with E-state index in [0.29, 0.717) is 11.8 Å². The molecule has 72 valence electrons. The summed E-state index contributed by atoms with van der Waals surface area (Å²) in [6, 6.07) is 0. The van der Waals surface area contributed by atoms with Crippen molar-refractivity contribution in [1.82, 2.24) is 0 Å². The number of hydrogen-bond acceptors (Lipinski definition) is 2. The molecule has 4 aliphatic rings. The van der Waals surface area contributed by atoms with Gasteiger partial charge in [-0.05, 0) is 54.8 Å². The Morgan fingerprint density at radius 1 is 0.615 bits per heavy atom. The van der Waals surface area contributed by atoms with Crippen LogP contribution in [-0.2, 0) is 0 Å². The molecule has 0 heterocycles. The minimum Gasteiger partial charge on any atom is -0.393 e. The molecule has 0 radical (unpaired) electrons. The third-order valence-electron chi connectivity index (χ3n) is 5.54. The maximum atomic E-state index is 9.93. The summed E-state index contributed by atoms with van der Waals surface area (Å²) in [4.78, 5) is 0. The third-order valence-corrected chi connectivity index (χ3v) is 5.54. The third kappa shape index (κ3) is 0.608. The lowest BCUT2D eigenvalue weighted by Gasteiger charge is -2.27. The molecule has 0 aliphatic heterocycles. The summed E-state index contributed by atoms with van der Waals surface area (Å²) in [6.07, 6.45) is 3.24. The van der Waals surface area contributed by atoms with Crippen LogP contribution in [0.15, 0.2) is 0 Å². The minimum atomic E-state index is -0.0788. The van der Waals surface area contributed by atoms with Gasteiger partial charge in [-0.15, -0.1) is 0 Å². The van der Waals surface area contributed by atoms with Crippen molar-refractivity contribution in [3.8, 4) is 0 Å². The molecule has 0 aromatic heterocycles. The minimum absolute atomic E-state index is 0.0788. The molecule has 2 heteroatoms. The van der Waals surface area contributed by atoms with E-state index in [9.17, 15) is 10.2 Å². The molecule has 0 spiro atoms. The molecule has 0 saturated heterocycles. The van der Waals surface area contributed by atoms with E-state index in [-0.39, 0.29) is 12.2 Å². The van der Waals surface area contributed by atoms with Gasteiger partial charge >= 0.3 is 0 Å². The Labute approximate surface area is 78.0 Å². The zero-order valence-corrected chi connectivity index (χ0v) is 7.63. The van der Waals surface area contributed by atoms with Crippen LogP contribution in [0.25, 0.3) is 0 Å². The van der Waals surface area contributed by atoms with E-state index < -0.39 is 0 Å². The lowest BCUT2D eigenvalue weighted by Crippen LogP contribution is -2.30. The van der Waals surface area contributed by atoms with Crippen LogP contribution in [0.4, 0.5) is 0 Å². The lowest BCUT2D eigenvalue weighted by molar-refractivity contribution is 0.0365. The van der Waals surface area contributed by atoms with Crippen LogP contribution in [0.2, 0.25) is 0 Å². The first-order valence-corrected chi connectivity index (χ1v) is 5.63. The first kappa shape index (κ1) is 7.24. The molecule has 2 N–H and O–H groups in total. The van der Waals surface area contributed by atoms with E-state index in [1.165, 1.54) is 6.42 Å². The van der Waals surface area contributed by atoms with Gasteiger partial charge in [0.25, 0.3) is 0 Å². The van der Waals surface area contributed by atoms with Crippen molar-refractivity contribution < 1.29 is 10.2 Å². The second kappa shape index (κ2) is 1.96. The monoisotopic (exact) mass is 180 g/mol. The molecule has 2 nitrogen and oxygen atoms in total. The Morgan fingerprint density at radius 2 is 1.08 bits per heavy atom. The van der Waals surface area contributed by atoms with E-state index in [1.807, 2.05) is 0 Å². The molecular formula is C11H16O2. The van der Waals surface area contributed by atoms with Crippen LogP contribution >= 0.6 is 0 Å². The maximum absolute atomic E-state index is 9.93. The predicted octanol–water partition coefficient (Wildman–Crippen LogP) is 0.630. The van der Waals surface area contributed by atoms with Crippen molar-refractivity contribution in [1.29, 1.82) is 0 Å². The summed E-state index contributed by atoms with van der Waals surface area (Å²) in [7, 11) is 0. The molecular weight excluding hydrogens is 164 g/mol. The van der Waals surface area contributed by atoms with E-state index in [2.05, 4.69) is 0 Å². The average Bonchev–Trinajstić information content (AvgIpc) is 2.67. The standard InChI is InChI=1S/C11H16O2/c12-8-2-4-5-3-9(13)11-7(5)1-6(4)10(8)11/h4-13H,1-3H2/t4-,5-,6-,7-,8-,9+,10+,11-/m1/s1. The van der Waals surface area contributed by atoms with Gasteiger partial charge in [-0.25, -0.2) is 0 Å². The highest BCUT2D eigenvalue weighted by Crippen LogP contribution is 2.70. The molecule has 0 unspecified atom stereocenters. The molecule has 2 bridgehead atoms. The topological polar surface area (TPSA) is 40.5 Å². The average molecular weight is 180 g/mol. The summed E-state index contributed by atoms with van der Waals surface area (Å²) in [6.45, 7) is 0. The largest absolute Gasteiger partial charge is 0.393 e. The van der Waals surface area contributed by atoms with Gasteiger partial charge in [-0.3, -0.25) is 0 Å². The van der Waals surface area contributed by atoms with Crippen molar-refractivity contribution in [3.63, 3.8) is 0 Å².